The third-order valence-corrected chi connectivity index (χ3v) is 3.31. The summed E-state index contributed by atoms with van der Waals surface area (Å²) in [6.07, 6.45) is 0. The van der Waals surface area contributed by atoms with Crippen LogP contribution in [0.2, 0.25) is 0 Å². The Bertz CT molecular complexity index is 424. The van der Waals surface area contributed by atoms with Gasteiger partial charge < -0.3 is 15.0 Å². The summed E-state index contributed by atoms with van der Waals surface area (Å²) in [5.41, 5.74) is 1.02. The Balaban J connectivity index is 2.25. The molecule has 0 atom stereocenters. The molecule has 0 bridgehead atoms. The van der Waals surface area contributed by atoms with Gasteiger partial charge in [0.25, 0.3) is 0 Å². The van der Waals surface area contributed by atoms with E-state index < -0.39 is 0 Å². The zero-order chi connectivity index (χ0) is 13.0. The summed E-state index contributed by atoms with van der Waals surface area (Å²) in [5.74, 6) is 0.877. The van der Waals surface area contributed by atoms with Crippen LogP contribution in [0.3, 0.4) is 0 Å². The lowest BCUT2D eigenvalue weighted by Gasteiger charge is -2.37. The Kier molecular flexibility index (Phi) is 4.38. The molecule has 1 aliphatic rings. The Hall–Kier alpha value is -1.33. The van der Waals surface area contributed by atoms with Gasteiger partial charge in [-0.3, -0.25) is 4.90 Å². The molecule has 1 aromatic rings. The number of nitrogens with zero attached hydrogens (tertiary/aromatic N) is 2. The van der Waals surface area contributed by atoms with Crippen LogP contribution in [0.1, 0.15) is 13.8 Å². The van der Waals surface area contributed by atoms with E-state index in [-0.39, 0.29) is 0 Å². The zero-order valence-electron chi connectivity index (χ0n) is 10.8. The summed E-state index contributed by atoms with van der Waals surface area (Å²) < 4.78 is 5.66. The average Bonchev–Trinajstić information content (AvgIpc) is 2.41. The number of thiocarbonyl (C=S) groups is 1. The third-order valence-electron chi connectivity index (χ3n) is 2.94. The highest BCUT2D eigenvalue weighted by Crippen LogP contribution is 2.29. The molecule has 0 spiro atoms. The molecule has 0 aromatic heterocycles. The van der Waals surface area contributed by atoms with E-state index in [4.69, 9.17) is 17.0 Å². The van der Waals surface area contributed by atoms with Gasteiger partial charge in [-0.05, 0) is 37.8 Å². The first kappa shape index (κ1) is 13.1. The highest BCUT2D eigenvalue weighted by molar-refractivity contribution is 7.80. The molecule has 1 N–H and O–H groups in total. The Morgan fingerprint density at radius 1 is 1.33 bits per heavy atom. The van der Waals surface area contributed by atoms with E-state index in [0.29, 0.717) is 6.61 Å². The first-order valence-corrected chi connectivity index (χ1v) is 6.66. The second-order valence-corrected chi connectivity index (χ2v) is 4.48. The molecule has 98 valence electrons. The van der Waals surface area contributed by atoms with Crippen molar-refractivity contribution in [1.29, 1.82) is 0 Å². The molecule has 0 saturated carbocycles. The predicted molar refractivity (Wildman–Crippen MR) is 77.9 cm³/mol. The van der Waals surface area contributed by atoms with Crippen molar-refractivity contribution in [2.45, 2.75) is 13.8 Å². The lowest BCUT2D eigenvalue weighted by molar-refractivity contribution is 0.273. The number of nitrogens with one attached hydrogen (secondary N) is 1. The third kappa shape index (κ3) is 2.73. The monoisotopic (exact) mass is 265 g/mol. The van der Waals surface area contributed by atoms with Crippen molar-refractivity contribution < 1.29 is 4.74 Å². The first-order chi connectivity index (χ1) is 8.76. The molecule has 0 amide bonds. The van der Waals surface area contributed by atoms with Crippen molar-refractivity contribution >= 4 is 23.0 Å². The first-order valence-electron chi connectivity index (χ1n) is 6.25. The van der Waals surface area contributed by atoms with E-state index in [2.05, 4.69) is 22.0 Å². The number of ether oxygens (including phenoxy) is 1. The minimum Gasteiger partial charge on any atom is -0.492 e. The minimum atomic E-state index is 0.655. The summed E-state index contributed by atoms with van der Waals surface area (Å²) >= 11 is 5.39. The van der Waals surface area contributed by atoms with Crippen LogP contribution in [0.4, 0.5) is 5.69 Å². The van der Waals surface area contributed by atoms with Crippen LogP contribution in [0.25, 0.3) is 0 Å². The number of hydrogen-bond donors (Lipinski definition) is 1. The van der Waals surface area contributed by atoms with Crippen LogP contribution in [0.5, 0.6) is 5.75 Å². The fourth-order valence-electron chi connectivity index (χ4n) is 1.94. The molecule has 0 radical (unpaired) electrons. The predicted octanol–water partition coefficient (Wildman–Crippen LogP) is 2.02. The standard InChI is InChI=1S/C13H19N3OS/c1-3-15-9-14-13(18)16(10-15)11-7-5-6-8-12(11)17-4-2/h5-8H,3-4,9-10H2,1-2H3,(H,14,18). The maximum Gasteiger partial charge on any atom is 0.175 e. The van der Waals surface area contributed by atoms with Crippen LogP contribution in [-0.2, 0) is 0 Å². The van der Waals surface area contributed by atoms with Crippen molar-refractivity contribution in [3.8, 4) is 5.75 Å². The molecular weight excluding hydrogens is 246 g/mol. The van der Waals surface area contributed by atoms with Gasteiger partial charge in [-0.25, -0.2) is 0 Å². The van der Waals surface area contributed by atoms with Gasteiger partial charge in [0.15, 0.2) is 5.11 Å². The van der Waals surface area contributed by atoms with Crippen LogP contribution >= 0.6 is 12.2 Å². The average molecular weight is 265 g/mol. The summed E-state index contributed by atoms with van der Waals surface area (Å²) in [6.45, 7) is 7.38. The van der Waals surface area contributed by atoms with Crippen LogP contribution in [0.15, 0.2) is 24.3 Å². The number of rotatable bonds is 4. The van der Waals surface area contributed by atoms with Gasteiger partial charge in [-0.15, -0.1) is 0 Å². The Morgan fingerprint density at radius 2 is 2.11 bits per heavy atom. The fraction of sp³-hybridized carbons (Fsp3) is 0.462. The van der Waals surface area contributed by atoms with Gasteiger partial charge in [-0.1, -0.05) is 19.1 Å². The number of benzene rings is 1. The van der Waals surface area contributed by atoms with Crippen molar-refractivity contribution in [3.63, 3.8) is 0 Å². The SMILES string of the molecule is CCOc1ccccc1N1CN(CC)CNC1=S. The molecule has 1 fully saturated rings. The maximum absolute atomic E-state index is 5.66. The lowest BCUT2D eigenvalue weighted by Crippen LogP contribution is -2.56. The summed E-state index contributed by atoms with van der Waals surface area (Å²) in [5, 5.41) is 3.99. The smallest absolute Gasteiger partial charge is 0.175 e. The number of anilines is 1. The fourth-order valence-corrected chi connectivity index (χ4v) is 2.16. The molecule has 4 nitrogen and oxygen atoms in total. The Morgan fingerprint density at radius 3 is 2.83 bits per heavy atom. The van der Waals surface area contributed by atoms with Gasteiger partial charge >= 0.3 is 0 Å². The topological polar surface area (TPSA) is 27.7 Å². The van der Waals surface area contributed by atoms with E-state index in [1.807, 2.05) is 31.2 Å². The van der Waals surface area contributed by atoms with E-state index in [9.17, 15) is 0 Å². The maximum atomic E-state index is 5.66. The van der Waals surface area contributed by atoms with E-state index in [1.54, 1.807) is 0 Å². The molecule has 2 rings (SSSR count). The lowest BCUT2D eigenvalue weighted by atomic mass is 10.2. The van der Waals surface area contributed by atoms with Gasteiger partial charge in [0.2, 0.25) is 0 Å². The van der Waals surface area contributed by atoms with Crippen molar-refractivity contribution in [3.05, 3.63) is 24.3 Å². The van der Waals surface area contributed by atoms with Crippen molar-refractivity contribution in [2.75, 3.05) is 31.4 Å². The molecule has 1 heterocycles. The van der Waals surface area contributed by atoms with Crippen LogP contribution < -0.4 is 15.0 Å². The molecule has 5 heteroatoms. The highest BCUT2D eigenvalue weighted by Gasteiger charge is 2.22. The second kappa shape index (κ2) is 6.02. The molecule has 18 heavy (non-hydrogen) atoms. The summed E-state index contributed by atoms with van der Waals surface area (Å²) in [4.78, 5) is 4.35. The van der Waals surface area contributed by atoms with Crippen LogP contribution in [-0.4, -0.2) is 36.5 Å². The molecule has 0 unspecified atom stereocenters. The van der Waals surface area contributed by atoms with Crippen LogP contribution in [0, 0.1) is 0 Å². The second-order valence-electron chi connectivity index (χ2n) is 4.10. The Labute approximate surface area is 114 Å². The quantitative estimate of drug-likeness (QED) is 0.841. The van der Waals surface area contributed by atoms with Gasteiger partial charge in [0, 0.05) is 0 Å². The molecule has 1 aromatic carbocycles. The minimum absolute atomic E-state index is 0.655. The van der Waals surface area contributed by atoms with Gasteiger partial charge in [-0.2, -0.15) is 0 Å². The van der Waals surface area contributed by atoms with E-state index in [1.165, 1.54) is 0 Å². The molecular formula is C13H19N3OS. The molecule has 0 aliphatic carbocycles. The number of hydrogen-bond acceptors (Lipinski definition) is 3. The van der Waals surface area contributed by atoms with Gasteiger partial charge in [0.05, 0.1) is 25.6 Å². The van der Waals surface area contributed by atoms with E-state index in [0.717, 1.165) is 36.4 Å². The normalized spacial score (nSPS) is 16.6. The van der Waals surface area contributed by atoms with Crippen molar-refractivity contribution in [2.24, 2.45) is 0 Å². The zero-order valence-corrected chi connectivity index (χ0v) is 11.7. The molecule has 1 saturated heterocycles. The molecule has 1 aliphatic heterocycles. The summed E-state index contributed by atoms with van der Waals surface area (Å²) in [6, 6.07) is 8.00. The number of para-hydroxylation sites is 2. The largest absolute Gasteiger partial charge is 0.492 e. The van der Waals surface area contributed by atoms with E-state index >= 15 is 0 Å². The van der Waals surface area contributed by atoms with Crippen molar-refractivity contribution in [1.82, 2.24) is 10.2 Å². The highest BCUT2D eigenvalue weighted by atomic mass is 32.1. The van der Waals surface area contributed by atoms with Gasteiger partial charge in [0.1, 0.15) is 5.75 Å². The summed E-state index contributed by atoms with van der Waals surface area (Å²) in [7, 11) is 0.